The summed E-state index contributed by atoms with van der Waals surface area (Å²) in [5, 5.41) is 23.6. The molecule has 0 aromatic heterocycles. The molecule has 0 radical (unpaired) electrons. The average Bonchev–Trinajstić information content (AvgIpc) is 3.12. The van der Waals surface area contributed by atoms with Gasteiger partial charge in [0.05, 0.1) is 19.3 Å². The topological polar surface area (TPSA) is 105 Å². The molecule has 1 saturated carbocycles. The van der Waals surface area contributed by atoms with E-state index in [1.165, 1.54) is 12.7 Å². The number of hydrogen-bond acceptors (Lipinski definition) is 6. The van der Waals surface area contributed by atoms with E-state index in [9.17, 15) is 19.8 Å². The molecule has 0 spiro atoms. The first kappa shape index (κ1) is 25.5. The zero-order chi connectivity index (χ0) is 23.8. The van der Waals surface area contributed by atoms with Crippen molar-refractivity contribution in [1.29, 1.82) is 0 Å². The third-order valence-corrected chi connectivity index (χ3v) is 7.34. The number of esters is 1. The summed E-state index contributed by atoms with van der Waals surface area (Å²) in [5.41, 5.74) is 2.33. The molecule has 33 heavy (non-hydrogen) atoms. The summed E-state index contributed by atoms with van der Waals surface area (Å²) in [7, 11) is 1.27. The molecule has 1 fully saturated rings. The van der Waals surface area contributed by atoms with Crippen molar-refractivity contribution in [3.8, 4) is 5.75 Å². The Balaban J connectivity index is 1.57. The fourth-order valence-corrected chi connectivity index (χ4v) is 5.54. The van der Waals surface area contributed by atoms with Crippen LogP contribution in [-0.2, 0) is 27.2 Å². The van der Waals surface area contributed by atoms with Crippen LogP contribution in [0.4, 0.5) is 0 Å². The quantitative estimate of drug-likeness (QED) is 0.327. The molecule has 0 bridgehead atoms. The molecule has 1 amide bonds. The zero-order valence-corrected chi connectivity index (χ0v) is 19.9. The average molecular weight is 462 g/mol. The van der Waals surface area contributed by atoms with Gasteiger partial charge in [-0.3, -0.25) is 9.59 Å². The normalized spacial score (nSPS) is 24.5. The molecule has 184 valence electrons. The van der Waals surface area contributed by atoms with Gasteiger partial charge in [-0.1, -0.05) is 38.3 Å². The van der Waals surface area contributed by atoms with Crippen molar-refractivity contribution in [2.24, 2.45) is 17.8 Å². The molecular weight excluding hydrogens is 422 g/mol. The smallest absolute Gasteiger partial charge is 0.325 e. The molecule has 2 aliphatic carbocycles. The number of unbranched alkanes of at least 4 members (excludes halogenated alkanes) is 2. The molecule has 1 aromatic rings. The molecule has 0 heterocycles. The number of carbonyl (C=O) groups excluding carboxylic acids is 2. The van der Waals surface area contributed by atoms with Crippen LogP contribution in [0.15, 0.2) is 18.2 Å². The van der Waals surface area contributed by atoms with Gasteiger partial charge in [0, 0.05) is 0 Å². The van der Waals surface area contributed by atoms with E-state index < -0.39 is 5.97 Å². The lowest BCUT2D eigenvalue weighted by molar-refractivity contribution is -0.141. The molecule has 2 aliphatic rings. The van der Waals surface area contributed by atoms with E-state index in [1.807, 2.05) is 12.1 Å². The Bertz CT molecular complexity index is 797. The van der Waals surface area contributed by atoms with E-state index in [2.05, 4.69) is 23.0 Å². The number of nitrogens with one attached hydrogen (secondary N) is 1. The number of rotatable bonds is 12. The lowest BCUT2D eigenvalue weighted by Gasteiger charge is -2.32. The Morgan fingerprint density at radius 1 is 1.21 bits per heavy atom. The van der Waals surface area contributed by atoms with Gasteiger partial charge in [-0.05, 0) is 73.5 Å². The molecule has 1 unspecified atom stereocenters. The number of amides is 1. The molecule has 7 heteroatoms. The van der Waals surface area contributed by atoms with Gasteiger partial charge in [-0.25, -0.2) is 0 Å². The highest BCUT2D eigenvalue weighted by Crippen LogP contribution is 2.48. The fraction of sp³-hybridized carbons (Fsp3) is 0.692. The van der Waals surface area contributed by atoms with Crippen LogP contribution in [0.3, 0.4) is 0 Å². The van der Waals surface area contributed by atoms with Crippen molar-refractivity contribution < 1.29 is 29.3 Å². The van der Waals surface area contributed by atoms with E-state index in [-0.39, 0.29) is 37.2 Å². The monoisotopic (exact) mass is 461 g/mol. The largest absolute Gasteiger partial charge is 0.483 e. The number of hydrogen-bond donors (Lipinski definition) is 3. The third-order valence-electron chi connectivity index (χ3n) is 7.34. The van der Waals surface area contributed by atoms with Gasteiger partial charge >= 0.3 is 5.97 Å². The summed E-state index contributed by atoms with van der Waals surface area (Å²) < 4.78 is 10.3. The van der Waals surface area contributed by atoms with Gasteiger partial charge in [0.25, 0.3) is 5.91 Å². The zero-order valence-electron chi connectivity index (χ0n) is 19.9. The second-order valence-corrected chi connectivity index (χ2v) is 9.56. The van der Waals surface area contributed by atoms with Crippen LogP contribution in [0, 0.1) is 17.8 Å². The van der Waals surface area contributed by atoms with Crippen molar-refractivity contribution in [2.45, 2.75) is 76.9 Å². The number of benzene rings is 1. The standard InChI is InChI=1S/C26H39NO6/c1-3-4-5-8-19(28)10-11-20-21-12-17-7-6-9-24(22(17)13-18(21)14-23(20)29)33-16-25(30)27-15-26(31)32-2/h6-7,9,18-21,23,28-29H,3-5,8,10-16H2,1-2H3,(H,27,30)/t18-,19?,20+,21-,23+/m0/s1. The fourth-order valence-electron chi connectivity index (χ4n) is 5.54. The maximum absolute atomic E-state index is 12.0. The highest BCUT2D eigenvalue weighted by molar-refractivity contribution is 5.82. The minimum atomic E-state index is -0.505. The van der Waals surface area contributed by atoms with E-state index in [0.717, 1.165) is 63.4 Å². The van der Waals surface area contributed by atoms with Crippen LogP contribution in [-0.4, -0.2) is 54.6 Å². The van der Waals surface area contributed by atoms with E-state index in [4.69, 9.17) is 4.74 Å². The number of aliphatic hydroxyl groups is 2. The lowest BCUT2D eigenvalue weighted by Crippen LogP contribution is -2.34. The SMILES string of the molecule is CCCCCC(O)CC[C@@H]1[C@H]2Cc3cccc(OCC(=O)NCC(=O)OC)c3C[C@H]2C[C@H]1O. The first-order valence-corrected chi connectivity index (χ1v) is 12.4. The summed E-state index contributed by atoms with van der Waals surface area (Å²) in [4.78, 5) is 23.2. The van der Waals surface area contributed by atoms with Gasteiger partial charge in [0.15, 0.2) is 6.61 Å². The van der Waals surface area contributed by atoms with Crippen molar-refractivity contribution in [2.75, 3.05) is 20.3 Å². The van der Waals surface area contributed by atoms with Crippen LogP contribution in [0.1, 0.15) is 63.0 Å². The molecule has 0 saturated heterocycles. The number of methoxy groups -OCH3 is 1. The molecule has 7 nitrogen and oxygen atoms in total. The second-order valence-electron chi connectivity index (χ2n) is 9.56. The van der Waals surface area contributed by atoms with Crippen LogP contribution in [0.25, 0.3) is 0 Å². The molecule has 3 rings (SSSR count). The predicted molar refractivity (Wildman–Crippen MR) is 125 cm³/mol. The highest BCUT2D eigenvalue weighted by atomic mass is 16.5. The van der Waals surface area contributed by atoms with Gasteiger partial charge in [0.1, 0.15) is 12.3 Å². The van der Waals surface area contributed by atoms with Crippen molar-refractivity contribution in [3.63, 3.8) is 0 Å². The third kappa shape index (κ3) is 6.93. The summed E-state index contributed by atoms with van der Waals surface area (Å²) in [6.07, 6.45) is 7.72. The summed E-state index contributed by atoms with van der Waals surface area (Å²) >= 11 is 0. The lowest BCUT2D eigenvalue weighted by atomic mass is 9.73. The van der Waals surface area contributed by atoms with E-state index in [1.54, 1.807) is 0 Å². The highest BCUT2D eigenvalue weighted by Gasteiger charge is 2.44. The number of ether oxygens (including phenoxy) is 2. The molecule has 5 atom stereocenters. The maximum atomic E-state index is 12.0. The Morgan fingerprint density at radius 3 is 2.79 bits per heavy atom. The van der Waals surface area contributed by atoms with Crippen LogP contribution in [0.2, 0.25) is 0 Å². The van der Waals surface area contributed by atoms with Gasteiger partial charge in [-0.15, -0.1) is 0 Å². The van der Waals surface area contributed by atoms with Crippen LogP contribution in [0.5, 0.6) is 5.75 Å². The number of carbonyl (C=O) groups is 2. The van der Waals surface area contributed by atoms with Crippen molar-refractivity contribution in [1.82, 2.24) is 5.32 Å². The summed E-state index contributed by atoms with van der Waals surface area (Å²) in [6.45, 7) is 1.82. The van der Waals surface area contributed by atoms with Crippen LogP contribution < -0.4 is 10.1 Å². The minimum Gasteiger partial charge on any atom is -0.483 e. The van der Waals surface area contributed by atoms with E-state index in [0.29, 0.717) is 17.6 Å². The van der Waals surface area contributed by atoms with Crippen molar-refractivity contribution >= 4 is 11.9 Å². The second kappa shape index (κ2) is 12.4. The Morgan fingerprint density at radius 2 is 2.03 bits per heavy atom. The summed E-state index contributed by atoms with van der Waals surface area (Å²) in [6, 6.07) is 5.93. The van der Waals surface area contributed by atoms with E-state index >= 15 is 0 Å². The van der Waals surface area contributed by atoms with Crippen molar-refractivity contribution in [3.05, 3.63) is 29.3 Å². The van der Waals surface area contributed by atoms with Crippen LogP contribution >= 0.6 is 0 Å². The number of aliphatic hydroxyl groups excluding tert-OH is 2. The molecular formula is C26H39NO6. The maximum Gasteiger partial charge on any atom is 0.325 e. The minimum absolute atomic E-state index is 0.164. The molecule has 1 aromatic carbocycles. The molecule has 0 aliphatic heterocycles. The summed E-state index contributed by atoms with van der Waals surface area (Å²) in [5.74, 6) is 0.831. The number of fused-ring (bicyclic) bond motifs is 2. The Labute approximate surface area is 196 Å². The van der Waals surface area contributed by atoms with Gasteiger partial charge in [-0.2, -0.15) is 0 Å². The first-order chi connectivity index (χ1) is 15.9. The first-order valence-electron chi connectivity index (χ1n) is 12.4. The predicted octanol–water partition coefficient (Wildman–Crippen LogP) is 2.79. The van der Waals surface area contributed by atoms with Gasteiger partial charge < -0.3 is 25.0 Å². The Kier molecular flexibility index (Phi) is 9.56. The Hall–Kier alpha value is -2.12. The molecule has 3 N–H and O–H groups in total. The van der Waals surface area contributed by atoms with Gasteiger partial charge in [0.2, 0.25) is 0 Å².